The number of benzene rings is 1. The molecule has 2 aromatic rings. The topological polar surface area (TPSA) is 36.7 Å². The lowest BCUT2D eigenvalue weighted by molar-refractivity contribution is -0.138. The molecule has 1 spiro atoms. The molecule has 4 aliphatic rings. The van der Waals surface area contributed by atoms with Crippen LogP contribution in [-0.4, -0.2) is 46.4 Å². The van der Waals surface area contributed by atoms with Crippen LogP contribution >= 0.6 is 0 Å². The monoisotopic (exact) mass is 374 g/mol. The zero-order valence-electron chi connectivity index (χ0n) is 16.1. The van der Waals surface area contributed by atoms with Gasteiger partial charge in [-0.1, -0.05) is 30.3 Å². The molecule has 28 heavy (non-hydrogen) atoms. The van der Waals surface area contributed by atoms with Crippen LogP contribution in [-0.2, 0) is 17.6 Å². The molecule has 1 aromatic heterocycles. The van der Waals surface area contributed by atoms with Crippen LogP contribution in [0.2, 0.25) is 0 Å². The summed E-state index contributed by atoms with van der Waals surface area (Å²) in [5, 5.41) is 0. The minimum Gasteiger partial charge on any atom is -0.465 e. The van der Waals surface area contributed by atoms with Gasteiger partial charge in [0.05, 0.1) is 6.26 Å². The van der Waals surface area contributed by atoms with E-state index in [9.17, 15) is 4.79 Å². The molecule has 6 rings (SSSR count). The number of amides is 1. The Kier molecular flexibility index (Phi) is 3.61. The first-order valence-electron chi connectivity index (χ1n) is 10.6. The highest BCUT2D eigenvalue weighted by Gasteiger charge is 2.65. The lowest BCUT2D eigenvalue weighted by atomic mass is 9.85. The fraction of sp³-hybridized carbons (Fsp3) is 0.458. The Bertz CT molecular complexity index is 909. The van der Waals surface area contributed by atoms with Gasteiger partial charge >= 0.3 is 0 Å². The van der Waals surface area contributed by atoms with Gasteiger partial charge in [-0.3, -0.25) is 9.69 Å². The molecule has 4 nitrogen and oxygen atoms in total. The third-order valence-corrected chi connectivity index (χ3v) is 7.62. The second kappa shape index (κ2) is 6.08. The fourth-order valence-corrected chi connectivity index (χ4v) is 6.42. The number of carbonyl (C=O) groups is 1. The quantitative estimate of drug-likeness (QED) is 0.825. The van der Waals surface area contributed by atoms with Gasteiger partial charge in [0.25, 0.3) is 0 Å². The first-order chi connectivity index (χ1) is 13.8. The highest BCUT2D eigenvalue weighted by molar-refractivity contribution is 5.90. The van der Waals surface area contributed by atoms with Gasteiger partial charge < -0.3 is 9.32 Å². The highest BCUT2D eigenvalue weighted by atomic mass is 16.3. The number of rotatable bonds is 3. The Hall–Kier alpha value is -2.33. The fourth-order valence-electron chi connectivity index (χ4n) is 6.42. The molecular weight excluding hydrogens is 348 g/mol. The van der Waals surface area contributed by atoms with Crippen molar-refractivity contribution in [1.29, 1.82) is 0 Å². The van der Waals surface area contributed by atoms with Crippen LogP contribution in [0.3, 0.4) is 0 Å². The minimum atomic E-state index is -0.243. The number of hydrogen-bond acceptors (Lipinski definition) is 3. The molecule has 144 valence electrons. The molecule has 3 aliphatic heterocycles. The zero-order chi connectivity index (χ0) is 18.7. The molecule has 0 radical (unpaired) electrons. The van der Waals surface area contributed by atoms with E-state index in [4.69, 9.17) is 4.42 Å². The number of fused-ring (bicyclic) bond motifs is 1. The normalized spacial score (nSPS) is 32.4. The molecular formula is C24H26N2O2. The van der Waals surface area contributed by atoms with Gasteiger partial charge in [0, 0.05) is 24.5 Å². The van der Waals surface area contributed by atoms with E-state index in [-0.39, 0.29) is 5.54 Å². The maximum Gasteiger partial charge on any atom is 0.243 e. The van der Waals surface area contributed by atoms with E-state index in [1.165, 1.54) is 11.1 Å². The van der Waals surface area contributed by atoms with Crippen molar-refractivity contribution in [2.45, 2.75) is 49.7 Å². The van der Waals surface area contributed by atoms with Crippen LogP contribution in [0.5, 0.6) is 0 Å². The van der Waals surface area contributed by atoms with Gasteiger partial charge in [-0.05, 0) is 68.0 Å². The van der Waals surface area contributed by atoms with Crippen molar-refractivity contribution in [1.82, 2.24) is 9.80 Å². The molecule has 0 unspecified atom stereocenters. The third kappa shape index (κ3) is 2.24. The third-order valence-electron chi connectivity index (χ3n) is 7.62. The first kappa shape index (κ1) is 16.6. The van der Waals surface area contributed by atoms with E-state index >= 15 is 0 Å². The van der Waals surface area contributed by atoms with Crippen LogP contribution in [0.4, 0.5) is 0 Å². The molecule has 3 fully saturated rings. The summed E-state index contributed by atoms with van der Waals surface area (Å²) in [7, 11) is 0. The minimum absolute atomic E-state index is 0.243. The van der Waals surface area contributed by atoms with Gasteiger partial charge in [-0.2, -0.15) is 0 Å². The van der Waals surface area contributed by atoms with Crippen LogP contribution in [0.15, 0.2) is 53.2 Å². The standard InChI is InChI=1S/C24H26N2O2/c27-23-24-10-4-11-26(24)20(8-9-22-7-3-12-28-22)15-19(24)16-25(23)21-13-17-5-1-2-6-18(17)14-21/h1-3,5-9,12,19-21H,4,10-11,13-16H2/t19-,20+,24-/m0/s1. The molecule has 0 bridgehead atoms. The molecule has 1 aromatic carbocycles. The SMILES string of the molecule is O=C1N(C2Cc3ccccc3C2)C[C@@H]2C[C@@H](C=Cc3ccco3)N3CCC[C@@]123. The van der Waals surface area contributed by atoms with E-state index in [0.29, 0.717) is 23.9 Å². The summed E-state index contributed by atoms with van der Waals surface area (Å²) >= 11 is 0. The number of likely N-dealkylation sites (tertiary alicyclic amines) is 1. The van der Waals surface area contributed by atoms with Gasteiger partial charge in [-0.25, -0.2) is 0 Å². The molecule has 0 N–H and O–H groups in total. The molecule has 4 heteroatoms. The van der Waals surface area contributed by atoms with Gasteiger partial charge in [0.15, 0.2) is 0 Å². The van der Waals surface area contributed by atoms with Crippen molar-refractivity contribution in [3.05, 3.63) is 65.6 Å². The number of furan rings is 1. The lowest BCUT2D eigenvalue weighted by Crippen LogP contribution is -2.52. The Morgan fingerprint density at radius 3 is 2.68 bits per heavy atom. The number of hydrogen-bond donors (Lipinski definition) is 0. The Morgan fingerprint density at radius 1 is 1.11 bits per heavy atom. The highest BCUT2D eigenvalue weighted by Crippen LogP contribution is 2.52. The zero-order valence-corrected chi connectivity index (χ0v) is 16.1. The van der Waals surface area contributed by atoms with E-state index in [1.807, 2.05) is 12.1 Å². The summed E-state index contributed by atoms with van der Waals surface area (Å²) in [5.74, 6) is 1.75. The maximum absolute atomic E-state index is 13.7. The summed E-state index contributed by atoms with van der Waals surface area (Å²) in [6.45, 7) is 1.97. The summed E-state index contributed by atoms with van der Waals surface area (Å²) < 4.78 is 5.45. The Labute approximate surface area is 165 Å². The Morgan fingerprint density at radius 2 is 1.93 bits per heavy atom. The van der Waals surface area contributed by atoms with Crippen LogP contribution in [0.25, 0.3) is 6.08 Å². The predicted molar refractivity (Wildman–Crippen MR) is 108 cm³/mol. The van der Waals surface area contributed by atoms with Crippen molar-refractivity contribution < 1.29 is 9.21 Å². The van der Waals surface area contributed by atoms with Crippen molar-refractivity contribution in [3.63, 3.8) is 0 Å². The largest absolute Gasteiger partial charge is 0.465 e. The maximum atomic E-state index is 13.7. The predicted octanol–water partition coefficient (Wildman–Crippen LogP) is 3.53. The molecule has 3 saturated heterocycles. The van der Waals surface area contributed by atoms with Crippen LogP contribution < -0.4 is 0 Å². The first-order valence-corrected chi connectivity index (χ1v) is 10.6. The van der Waals surface area contributed by atoms with Crippen molar-refractivity contribution in [3.8, 4) is 0 Å². The van der Waals surface area contributed by atoms with Crippen molar-refractivity contribution in [2.75, 3.05) is 13.1 Å². The summed E-state index contributed by atoms with van der Waals surface area (Å²) in [4.78, 5) is 18.5. The van der Waals surface area contributed by atoms with E-state index in [0.717, 1.165) is 51.0 Å². The second-order valence-electron chi connectivity index (χ2n) is 8.88. The summed E-state index contributed by atoms with van der Waals surface area (Å²) in [5.41, 5.74) is 2.61. The van der Waals surface area contributed by atoms with Gasteiger partial charge in [0.2, 0.25) is 5.91 Å². The molecule has 1 amide bonds. The smallest absolute Gasteiger partial charge is 0.243 e. The van der Waals surface area contributed by atoms with Gasteiger partial charge in [0.1, 0.15) is 11.3 Å². The van der Waals surface area contributed by atoms with Crippen LogP contribution in [0, 0.1) is 5.92 Å². The van der Waals surface area contributed by atoms with Gasteiger partial charge in [-0.15, -0.1) is 0 Å². The lowest BCUT2D eigenvalue weighted by Gasteiger charge is -2.34. The second-order valence-corrected chi connectivity index (χ2v) is 8.88. The average Bonchev–Trinajstić information content (AvgIpc) is 3.49. The number of nitrogens with zero attached hydrogens (tertiary/aromatic N) is 2. The average molecular weight is 374 g/mol. The molecule has 3 atom stereocenters. The van der Waals surface area contributed by atoms with Crippen LogP contribution in [0.1, 0.15) is 36.1 Å². The van der Waals surface area contributed by atoms with Crippen molar-refractivity contribution in [2.24, 2.45) is 5.92 Å². The molecule has 4 heterocycles. The van der Waals surface area contributed by atoms with E-state index in [1.54, 1.807) is 6.26 Å². The van der Waals surface area contributed by atoms with E-state index in [2.05, 4.69) is 46.2 Å². The molecule has 1 aliphatic carbocycles. The Balaban J connectivity index is 1.25. The summed E-state index contributed by atoms with van der Waals surface area (Å²) in [6.07, 6.45) is 11.3. The van der Waals surface area contributed by atoms with Crippen molar-refractivity contribution >= 4 is 12.0 Å². The number of carbonyl (C=O) groups excluding carboxylic acids is 1. The molecule has 0 saturated carbocycles. The van der Waals surface area contributed by atoms with E-state index < -0.39 is 0 Å². The summed E-state index contributed by atoms with van der Waals surface area (Å²) in [6, 6.07) is 13.3.